The van der Waals surface area contributed by atoms with Crippen LogP contribution in [0.2, 0.25) is 0 Å². The van der Waals surface area contributed by atoms with Crippen molar-refractivity contribution in [2.45, 2.75) is 20.3 Å². The molecule has 78 valence electrons. The average Bonchev–Trinajstić information content (AvgIpc) is 2.60. The van der Waals surface area contributed by atoms with Gasteiger partial charge in [0.2, 0.25) is 10.1 Å². The van der Waals surface area contributed by atoms with Crippen LogP contribution in [-0.2, 0) is 0 Å². The first kappa shape index (κ1) is 10.9. The van der Waals surface area contributed by atoms with E-state index < -0.39 is 0 Å². The van der Waals surface area contributed by atoms with E-state index in [-0.39, 0.29) is 5.91 Å². The molecule has 0 aliphatic rings. The molecule has 0 spiro atoms. The predicted octanol–water partition coefficient (Wildman–Crippen LogP) is 0.992. The van der Waals surface area contributed by atoms with Gasteiger partial charge in [-0.3, -0.25) is 4.79 Å². The highest BCUT2D eigenvalue weighted by Gasteiger charge is 2.17. The predicted molar refractivity (Wildman–Crippen MR) is 56.2 cm³/mol. The van der Waals surface area contributed by atoms with E-state index in [9.17, 15) is 4.79 Å². The number of carbonyl (C=O) groups is 1. The van der Waals surface area contributed by atoms with Gasteiger partial charge in [-0.2, -0.15) is 0 Å². The van der Waals surface area contributed by atoms with Crippen LogP contribution in [0.15, 0.2) is 0 Å². The number of aromatic nitrogens is 2. The molecule has 0 atom stereocenters. The molecule has 5 nitrogen and oxygen atoms in total. The summed E-state index contributed by atoms with van der Waals surface area (Å²) < 4.78 is 0. The first-order valence-electron chi connectivity index (χ1n) is 4.57. The highest BCUT2D eigenvalue weighted by molar-refractivity contribution is 7.16. The highest BCUT2D eigenvalue weighted by atomic mass is 32.1. The first-order valence-corrected chi connectivity index (χ1v) is 5.39. The van der Waals surface area contributed by atoms with Gasteiger partial charge in [0.25, 0.3) is 5.91 Å². The molecule has 0 saturated carbocycles. The molecule has 1 rings (SSSR count). The van der Waals surface area contributed by atoms with E-state index in [1.807, 2.05) is 13.8 Å². The number of carbonyl (C=O) groups excluding carboxylic acids is 1. The van der Waals surface area contributed by atoms with E-state index in [1.54, 1.807) is 4.90 Å². The summed E-state index contributed by atoms with van der Waals surface area (Å²) in [5.41, 5.74) is 5.41. The minimum Gasteiger partial charge on any atom is -0.374 e. The lowest BCUT2D eigenvalue weighted by Crippen LogP contribution is -2.31. The molecule has 0 aromatic carbocycles. The molecule has 0 unspecified atom stereocenters. The number of amides is 1. The van der Waals surface area contributed by atoms with Crippen molar-refractivity contribution in [3.05, 3.63) is 5.01 Å². The van der Waals surface area contributed by atoms with Crippen molar-refractivity contribution >= 4 is 22.4 Å². The Balaban J connectivity index is 2.72. The monoisotopic (exact) mass is 214 g/mol. The van der Waals surface area contributed by atoms with Gasteiger partial charge in [-0.25, -0.2) is 0 Å². The summed E-state index contributed by atoms with van der Waals surface area (Å²) in [5.74, 6) is -0.0800. The van der Waals surface area contributed by atoms with Crippen LogP contribution in [0.1, 0.15) is 30.1 Å². The summed E-state index contributed by atoms with van der Waals surface area (Å²) in [6, 6.07) is 0. The molecule has 6 heteroatoms. The minimum absolute atomic E-state index is 0.0800. The minimum atomic E-state index is -0.0800. The third-order valence-electron chi connectivity index (χ3n) is 1.79. The van der Waals surface area contributed by atoms with Crippen molar-refractivity contribution in [2.75, 3.05) is 18.8 Å². The number of hydrogen-bond donors (Lipinski definition) is 1. The molecule has 1 heterocycles. The number of nitrogens with two attached hydrogens (primary N) is 1. The van der Waals surface area contributed by atoms with Crippen molar-refractivity contribution in [3.8, 4) is 0 Å². The van der Waals surface area contributed by atoms with Gasteiger partial charge in [-0.15, -0.1) is 10.2 Å². The third kappa shape index (κ3) is 2.41. The quantitative estimate of drug-likeness (QED) is 0.811. The number of nitrogen functional groups attached to an aromatic ring is 1. The van der Waals surface area contributed by atoms with Gasteiger partial charge in [-0.05, 0) is 13.3 Å². The van der Waals surface area contributed by atoms with Gasteiger partial charge in [0, 0.05) is 13.1 Å². The maximum absolute atomic E-state index is 11.8. The van der Waals surface area contributed by atoms with Gasteiger partial charge >= 0.3 is 0 Å². The van der Waals surface area contributed by atoms with Crippen LogP contribution in [0.25, 0.3) is 0 Å². The van der Waals surface area contributed by atoms with Crippen LogP contribution in [0, 0.1) is 0 Å². The van der Waals surface area contributed by atoms with E-state index >= 15 is 0 Å². The van der Waals surface area contributed by atoms with Crippen LogP contribution >= 0.6 is 11.3 Å². The zero-order valence-corrected chi connectivity index (χ0v) is 9.17. The second-order valence-electron chi connectivity index (χ2n) is 2.83. The van der Waals surface area contributed by atoms with Gasteiger partial charge in [-0.1, -0.05) is 18.3 Å². The fourth-order valence-corrected chi connectivity index (χ4v) is 1.71. The van der Waals surface area contributed by atoms with Gasteiger partial charge in [0.1, 0.15) is 0 Å². The van der Waals surface area contributed by atoms with Crippen molar-refractivity contribution in [3.63, 3.8) is 0 Å². The molecule has 1 aromatic heterocycles. The van der Waals surface area contributed by atoms with Crippen LogP contribution in [0.5, 0.6) is 0 Å². The van der Waals surface area contributed by atoms with Crippen LogP contribution in [0.3, 0.4) is 0 Å². The Kier molecular flexibility index (Phi) is 3.82. The topological polar surface area (TPSA) is 72.1 Å². The lowest BCUT2D eigenvalue weighted by molar-refractivity contribution is 0.0763. The van der Waals surface area contributed by atoms with E-state index in [0.717, 1.165) is 24.3 Å². The molecule has 1 aromatic rings. The second-order valence-corrected chi connectivity index (χ2v) is 3.84. The second kappa shape index (κ2) is 4.90. The maximum atomic E-state index is 11.8. The van der Waals surface area contributed by atoms with E-state index in [0.29, 0.717) is 16.7 Å². The summed E-state index contributed by atoms with van der Waals surface area (Å²) in [6.07, 6.45) is 0.938. The molecule has 0 saturated heterocycles. The summed E-state index contributed by atoms with van der Waals surface area (Å²) in [7, 11) is 0. The summed E-state index contributed by atoms with van der Waals surface area (Å²) in [5, 5.41) is 8.04. The Labute approximate surface area is 86.9 Å². The maximum Gasteiger partial charge on any atom is 0.284 e. The third-order valence-corrected chi connectivity index (χ3v) is 2.53. The van der Waals surface area contributed by atoms with Crippen molar-refractivity contribution in [2.24, 2.45) is 0 Å². The summed E-state index contributed by atoms with van der Waals surface area (Å²) in [6.45, 7) is 5.41. The Hall–Kier alpha value is -1.17. The molecule has 14 heavy (non-hydrogen) atoms. The standard InChI is InChI=1S/C8H14N4OS/c1-3-5-12(4-2)7(13)6-10-11-8(9)14-6/h3-5H2,1-2H3,(H2,9,11). The molecule has 0 aliphatic heterocycles. The fraction of sp³-hybridized carbons (Fsp3) is 0.625. The van der Waals surface area contributed by atoms with Gasteiger partial charge in [0.05, 0.1) is 0 Å². The van der Waals surface area contributed by atoms with Gasteiger partial charge in [0.15, 0.2) is 0 Å². The average molecular weight is 214 g/mol. The number of rotatable bonds is 4. The van der Waals surface area contributed by atoms with Crippen molar-refractivity contribution < 1.29 is 4.79 Å². The lowest BCUT2D eigenvalue weighted by atomic mass is 10.4. The highest BCUT2D eigenvalue weighted by Crippen LogP contribution is 2.13. The Morgan fingerprint density at radius 2 is 2.21 bits per heavy atom. The SMILES string of the molecule is CCCN(CC)C(=O)c1nnc(N)s1. The largest absolute Gasteiger partial charge is 0.374 e. The molecular formula is C8H14N4OS. The Morgan fingerprint density at radius 1 is 1.50 bits per heavy atom. The van der Waals surface area contributed by atoms with Crippen LogP contribution in [0.4, 0.5) is 5.13 Å². The smallest absolute Gasteiger partial charge is 0.284 e. The summed E-state index contributed by atoms with van der Waals surface area (Å²) >= 11 is 1.13. The molecule has 0 fully saturated rings. The van der Waals surface area contributed by atoms with Crippen LogP contribution < -0.4 is 5.73 Å². The van der Waals surface area contributed by atoms with E-state index in [2.05, 4.69) is 10.2 Å². The van der Waals surface area contributed by atoms with Crippen molar-refractivity contribution in [1.82, 2.24) is 15.1 Å². The zero-order valence-electron chi connectivity index (χ0n) is 8.36. The molecular weight excluding hydrogens is 200 g/mol. The fourth-order valence-electron chi connectivity index (χ4n) is 1.13. The molecule has 0 bridgehead atoms. The van der Waals surface area contributed by atoms with Crippen LogP contribution in [-0.4, -0.2) is 34.1 Å². The van der Waals surface area contributed by atoms with Gasteiger partial charge < -0.3 is 10.6 Å². The Morgan fingerprint density at radius 3 is 2.64 bits per heavy atom. The molecule has 0 radical (unpaired) electrons. The number of hydrogen-bond acceptors (Lipinski definition) is 5. The van der Waals surface area contributed by atoms with E-state index in [1.165, 1.54) is 0 Å². The molecule has 0 aliphatic carbocycles. The number of anilines is 1. The normalized spacial score (nSPS) is 10.1. The first-order chi connectivity index (χ1) is 6.69. The number of nitrogens with zero attached hydrogens (tertiary/aromatic N) is 3. The molecule has 1 amide bonds. The van der Waals surface area contributed by atoms with Crippen molar-refractivity contribution in [1.29, 1.82) is 0 Å². The summed E-state index contributed by atoms with van der Waals surface area (Å²) in [4.78, 5) is 13.5. The zero-order chi connectivity index (χ0) is 10.6. The molecule has 2 N–H and O–H groups in total. The lowest BCUT2D eigenvalue weighted by Gasteiger charge is -2.17. The van der Waals surface area contributed by atoms with E-state index in [4.69, 9.17) is 5.73 Å². The Bertz CT molecular complexity index is 312.